The van der Waals surface area contributed by atoms with E-state index < -0.39 is 0 Å². The predicted molar refractivity (Wildman–Crippen MR) is 150 cm³/mol. The second-order valence-corrected chi connectivity index (χ2v) is 9.85. The molecular weight excluding hydrogens is 510 g/mol. The fourth-order valence-electron chi connectivity index (χ4n) is 5.16. The Balaban J connectivity index is 1.03. The molecule has 2 heterocycles. The first-order chi connectivity index (χ1) is 19.7. The molecule has 0 aliphatic carbocycles. The summed E-state index contributed by atoms with van der Waals surface area (Å²) in [7, 11) is 1.67. The number of carbonyl (C=O) groups excluding carboxylic acids is 1. The van der Waals surface area contributed by atoms with E-state index in [4.69, 9.17) is 28.4 Å². The third-order valence-electron chi connectivity index (χ3n) is 7.26. The summed E-state index contributed by atoms with van der Waals surface area (Å²) in [6, 6.07) is 21.7. The number of esters is 1. The van der Waals surface area contributed by atoms with E-state index >= 15 is 0 Å². The van der Waals surface area contributed by atoms with Crippen LogP contribution in [0.25, 0.3) is 0 Å². The minimum atomic E-state index is -0.293. The summed E-state index contributed by atoms with van der Waals surface area (Å²) < 4.78 is 34.4. The third kappa shape index (κ3) is 7.13. The lowest BCUT2D eigenvalue weighted by molar-refractivity contribution is 0.00708. The van der Waals surface area contributed by atoms with Crippen molar-refractivity contribution in [3.05, 3.63) is 89.0 Å². The highest BCUT2D eigenvalue weighted by molar-refractivity contribution is 5.94. The SMILES string of the molecule is COc1ccccc1COCCCOc1ccc([C@H]2CCNC[C@@H]2OCCOc2cccc3c2COC3=O)cc1. The molecule has 0 amide bonds. The van der Waals surface area contributed by atoms with Crippen molar-refractivity contribution in [1.29, 1.82) is 0 Å². The number of nitrogens with one attached hydrogen (secondary N) is 1. The minimum absolute atomic E-state index is 0.0518. The van der Waals surface area contributed by atoms with Crippen molar-refractivity contribution >= 4 is 5.97 Å². The molecule has 0 saturated carbocycles. The molecular formula is C32H37NO7. The molecule has 3 aromatic rings. The van der Waals surface area contributed by atoms with Gasteiger partial charge in [0.15, 0.2) is 0 Å². The Kier molecular flexibility index (Phi) is 9.90. The molecule has 212 valence electrons. The highest BCUT2D eigenvalue weighted by atomic mass is 16.5. The number of rotatable bonds is 14. The van der Waals surface area contributed by atoms with Gasteiger partial charge in [-0.15, -0.1) is 0 Å². The zero-order chi connectivity index (χ0) is 27.6. The quantitative estimate of drug-likeness (QED) is 0.226. The van der Waals surface area contributed by atoms with Gasteiger partial charge in [-0.3, -0.25) is 0 Å². The standard InChI is InChI=1S/C32H37NO7/c1-35-29-8-3-2-6-24(29)21-36-16-5-17-37-25-12-10-23(11-13-25)26-14-15-33-20-31(26)39-19-18-38-30-9-4-7-27-28(30)22-40-32(27)34/h2-4,6-13,26,31,33H,5,14-22H2,1H3/t26-,31+/m1/s1. The Hall–Kier alpha value is -3.59. The highest BCUT2D eigenvalue weighted by Crippen LogP contribution is 2.31. The normalized spacial score (nSPS) is 18.2. The van der Waals surface area contributed by atoms with Gasteiger partial charge in [-0.25, -0.2) is 4.79 Å². The molecule has 2 atom stereocenters. The monoisotopic (exact) mass is 547 g/mol. The zero-order valence-electron chi connectivity index (χ0n) is 22.9. The maximum Gasteiger partial charge on any atom is 0.339 e. The number of hydrogen-bond acceptors (Lipinski definition) is 8. The van der Waals surface area contributed by atoms with Gasteiger partial charge in [0, 0.05) is 30.0 Å². The van der Waals surface area contributed by atoms with Crippen molar-refractivity contribution in [3.8, 4) is 17.2 Å². The average molecular weight is 548 g/mol. The summed E-state index contributed by atoms with van der Waals surface area (Å²) in [4.78, 5) is 11.8. The first-order valence-electron chi connectivity index (χ1n) is 13.9. The first kappa shape index (κ1) is 28.0. The van der Waals surface area contributed by atoms with Gasteiger partial charge >= 0.3 is 5.97 Å². The van der Waals surface area contributed by atoms with E-state index in [1.165, 1.54) is 5.56 Å². The number of ether oxygens (including phenoxy) is 6. The molecule has 40 heavy (non-hydrogen) atoms. The van der Waals surface area contributed by atoms with Gasteiger partial charge in [-0.2, -0.15) is 0 Å². The number of cyclic esters (lactones) is 1. The number of methoxy groups -OCH3 is 1. The molecule has 1 fully saturated rings. The number of piperidine rings is 1. The molecule has 0 aromatic heterocycles. The maximum absolute atomic E-state index is 11.8. The van der Waals surface area contributed by atoms with Crippen LogP contribution in [0, 0.1) is 0 Å². The van der Waals surface area contributed by atoms with Crippen LogP contribution in [-0.2, 0) is 27.4 Å². The lowest BCUT2D eigenvalue weighted by atomic mass is 9.88. The zero-order valence-corrected chi connectivity index (χ0v) is 22.9. The van der Waals surface area contributed by atoms with Crippen molar-refractivity contribution in [3.63, 3.8) is 0 Å². The van der Waals surface area contributed by atoms with Gasteiger partial charge in [0.05, 0.1) is 45.2 Å². The Morgan fingerprint density at radius 3 is 2.62 bits per heavy atom. The Morgan fingerprint density at radius 1 is 0.900 bits per heavy atom. The number of para-hydroxylation sites is 1. The highest BCUT2D eigenvalue weighted by Gasteiger charge is 2.28. The van der Waals surface area contributed by atoms with Crippen LogP contribution in [0.2, 0.25) is 0 Å². The summed E-state index contributed by atoms with van der Waals surface area (Å²) in [6.45, 7) is 4.61. The molecule has 2 aliphatic rings. The van der Waals surface area contributed by atoms with Gasteiger partial charge in [-0.05, 0) is 48.9 Å². The Bertz CT molecular complexity index is 1250. The van der Waals surface area contributed by atoms with E-state index in [1.54, 1.807) is 13.2 Å². The fraction of sp³-hybridized carbons (Fsp3) is 0.406. The predicted octanol–water partition coefficient (Wildman–Crippen LogP) is 4.89. The fourth-order valence-corrected chi connectivity index (χ4v) is 5.16. The molecule has 3 aromatic carbocycles. The van der Waals surface area contributed by atoms with Crippen molar-refractivity contribution in [2.24, 2.45) is 0 Å². The molecule has 1 saturated heterocycles. The smallest absolute Gasteiger partial charge is 0.339 e. The van der Waals surface area contributed by atoms with Crippen molar-refractivity contribution in [2.45, 2.75) is 38.1 Å². The van der Waals surface area contributed by atoms with Gasteiger partial charge in [0.1, 0.15) is 30.5 Å². The number of hydrogen-bond donors (Lipinski definition) is 1. The van der Waals surface area contributed by atoms with Crippen LogP contribution in [-0.4, -0.2) is 58.7 Å². The van der Waals surface area contributed by atoms with Gasteiger partial charge in [-0.1, -0.05) is 36.4 Å². The summed E-state index contributed by atoms with van der Waals surface area (Å²) in [5.41, 5.74) is 3.69. The maximum atomic E-state index is 11.8. The van der Waals surface area contributed by atoms with E-state index in [0.29, 0.717) is 50.3 Å². The molecule has 8 nitrogen and oxygen atoms in total. The van der Waals surface area contributed by atoms with E-state index in [9.17, 15) is 4.79 Å². The number of fused-ring (bicyclic) bond motifs is 1. The van der Waals surface area contributed by atoms with Crippen LogP contribution >= 0.6 is 0 Å². The summed E-state index contributed by atoms with van der Waals surface area (Å²) in [5.74, 6) is 2.39. The van der Waals surface area contributed by atoms with E-state index in [1.807, 2.05) is 48.5 Å². The topological polar surface area (TPSA) is 84.5 Å². The van der Waals surface area contributed by atoms with Crippen LogP contribution in [0.5, 0.6) is 17.2 Å². The Morgan fingerprint density at radius 2 is 1.75 bits per heavy atom. The Labute approximate surface area is 235 Å². The molecule has 1 N–H and O–H groups in total. The molecule has 5 rings (SSSR count). The van der Waals surface area contributed by atoms with Gasteiger partial charge < -0.3 is 33.7 Å². The summed E-state index contributed by atoms with van der Waals surface area (Å²) in [5, 5.41) is 3.44. The largest absolute Gasteiger partial charge is 0.496 e. The van der Waals surface area contributed by atoms with Crippen LogP contribution < -0.4 is 19.5 Å². The molecule has 0 radical (unpaired) electrons. The van der Waals surface area contributed by atoms with Crippen molar-refractivity contribution in [2.75, 3.05) is 46.6 Å². The van der Waals surface area contributed by atoms with Gasteiger partial charge in [0.2, 0.25) is 0 Å². The van der Waals surface area contributed by atoms with Crippen molar-refractivity contribution < 1.29 is 33.2 Å². The second kappa shape index (κ2) is 14.2. The number of benzene rings is 3. The molecule has 8 heteroatoms. The molecule has 0 unspecified atom stereocenters. The first-order valence-corrected chi connectivity index (χ1v) is 13.9. The van der Waals surface area contributed by atoms with E-state index in [2.05, 4.69) is 17.4 Å². The second-order valence-electron chi connectivity index (χ2n) is 9.85. The van der Waals surface area contributed by atoms with Crippen LogP contribution in [0.4, 0.5) is 0 Å². The van der Waals surface area contributed by atoms with Gasteiger partial charge in [0.25, 0.3) is 0 Å². The minimum Gasteiger partial charge on any atom is -0.496 e. The average Bonchev–Trinajstić information content (AvgIpc) is 3.39. The van der Waals surface area contributed by atoms with Crippen LogP contribution in [0.15, 0.2) is 66.7 Å². The molecule has 2 aliphatic heterocycles. The molecule has 0 spiro atoms. The van der Waals surface area contributed by atoms with Crippen LogP contribution in [0.1, 0.15) is 45.8 Å². The lowest BCUT2D eigenvalue weighted by Gasteiger charge is -2.32. The molecule has 0 bridgehead atoms. The van der Waals surface area contributed by atoms with E-state index in [0.717, 1.165) is 48.6 Å². The van der Waals surface area contributed by atoms with Crippen molar-refractivity contribution in [1.82, 2.24) is 5.32 Å². The van der Waals surface area contributed by atoms with Crippen LogP contribution in [0.3, 0.4) is 0 Å². The third-order valence-corrected chi connectivity index (χ3v) is 7.26. The summed E-state index contributed by atoms with van der Waals surface area (Å²) >= 11 is 0. The lowest BCUT2D eigenvalue weighted by Crippen LogP contribution is -2.41. The van der Waals surface area contributed by atoms with E-state index in [-0.39, 0.29) is 18.7 Å². The summed E-state index contributed by atoms with van der Waals surface area (Å²) in [6.07, 6.45) is 1.86. The number of carbonyl (C=O) groups is 1.